The molecular weight excluding hydrogens is 396 g/mol. The molecule has 4 N–H and O–H groups in total. The number of halogens is 1. The lowest BCUT2D eigenvalue weighted by Gasteiger charge is -2.29. The molecule has 3 aromatic rings. The summed E-state index contributed by atoms with van der Waals surface area (Å²) in [6, 6.07) is 15.1. The summed E-state index contributed by atoms with van der Waals surface area (Å²) in [5.41, 5.74) is 14.1. The van der Waals surface area contributed by atoms with Crippen molar-refractivity contribution in [2.75, 3.05) is 18.6 Å². The largest absolute Gasteiger partial charge is 0.497 e. The van der Waals surface area contributed by atoms with Crippen molar-refractivity contribution in [3.8, 4) is 23.4 Å². The molecule has 1 aliphatic rings. The van der Waals surface area contributed by atoms with Crippen LogP contribution in [0.4, 0.5) is 11.5 Å². The van der Waals surface area contributed by atoms with E-state index >= 15 is 0 Å². The maximum atomic E-state index is 9.45. The van der Waals surface area contributed by atoms with E-state index in [1.165, 1.54) is 11.8 Å². The summed E-state index contributed by atoms with van der Waals surface area (Å²) in [4.78, 5) is 5.23. The van der Waals surface area contributed by atoms with E-state index in [2.05, 4.69) is 4.98 Å². The highest BCUT2D eigenvalue weighted by Gasteiger charge is 2.33. The van der Waals surface area contributed by atoms with Crippen molar-refractivity contribution in [3.05, 3.63) is 64.2 Å². The number of benzene rings is 2. The molecule has 0 saturated heterocycles. The average molecular weight is 411 g/mol. The van der Waals surface area contributed by atoms with Gasteiger partial charge in [0.25, 0.3) is 0 Å². The number of fused-ring (bicyclic) bond motifs is 2. The van der Waals surface area contributed by atoms with E-state index in [0.29, 0.717) is 22.2 Å². The number of rotatable bonds is 3. The molecule has 0 radical (unpaired) electrons. The number of hydrogen-bond acceptors (Lipinski definition) is 7. The number of nitriles is 1. The first-order valence-electron chi connectivity index (χ1n) is 8.28. The summed E-state index contributed by atoms with van der Waals surface area (Å²) >= 11 is 7.78. The molecule has 0 saturated carbocycles. The molecule has 140 valence electrons. The second-order valence-corrected chi connectivity index (χ2v) is 7.69. The van der Waals surface area contributed by atoms with Gasteiger partial charge in [-0.15, -0.1) is 11.8 Å². The number of nitrogens with zero attached hydrogens (tertiary/aromatic N) is 2. The van der Waals surface area contributed by atoms with Gasteiger partial charge in [-0.05, 0) is 36.4 Å². The van der Waals surface area contributed by atoms with Crippen molar-refractivity contribution in [3.63, 3.8) is 0 Å². The lowest BCUT2D eigenvalue weighted by atomic mass is 9.98. The smallest absolute Gasteiger partial charge is 0.228 e. The molecule has 6 nitrogen and oxygen atoms in total. The van der Waals surface area contributed by atoms with E-state index in [-0.39, 0.29) is 22.3 Å². The third kappa shape index (κ3) is 3.07. The van der Waals surface area contributed by atoms with Gasteiger partial charge in [-0.1, -0.05) is 17.7 Å². The number of pyridine rings is 1. The minimum Gasteiger partial charge on any atom is -0.497 e. The maximum absolute atomic E-state index is 9.45. The Balaban J connectivity index is 1.91. The number of nitrogen functional groups attached to an aromatic ring is 2. The van der Waals surface area contributed by atoms with Crippen LogP contribution in [-0.4, -0.2) is 12.1 Å². The van der Waals surface area contributed by atoms with Crippen LogP contribution in [0.5, 0.6) is 17.4 Å². The quantitative estimate of drug-likeness (QED) is 0.640. The van der Waals surface area contributed by atoms with Gasteiger partial charge in [0.05, 0.1) is 23.6 Å². The van der Waals surface area contributed by atoms with Crippen molar-refractivity contribution in [1.82, 2.24) is 4.98 Å². The molecule has 28 heavy (non-hydrogen) atoms. The monoisotopic (exact) mass is 410 g/mol. The fraction of sp³-hybridized carbons (Fsp3) is 0.100. The Bertz CT molecular complexity index is 1130. The SMILES string of the molecule is COc1cccc(SC2c3cc(Cl)ccc3Oc3nc(N)c(C#N)c(N)c32)c1. The molecule has 1 aromatic heterocycles. The van der Waals surface area contributed by atoms with Crippen LogP contribution in [0.25, 0.3) is 0 Å². The van der Waals surface area contributed by atoms with Crippen LogP contribution in [0, 0.1) is 11.3 Å². The molecule has 1 unspecified atom stereocenters. The molecule has 1 aliphatic heterocycles. The topological polar surface area (TPSA) is 107 Å². The summed E-state index contributed by atoms with van der Waals surface area (Å²) in [5, 5.41) is 9.74. The van der Waals surface area contributed by atoms with Gasteiger partial charge in [-0.25, -0.2) is 0 Å². The number of ether oxygens (including phenoxy) is 2. The molecule has 2 heterocycles. The van der Waals surface area contributed by atoms with Gasteiger partial charge in [0.1, 0.15) is 28.9 Å². The predicted octanol–water partition coefficient (Wildman–Crippen LogP) is 4.77. The summed E-state index contributed by atoms with van der Waals surface area (Å²) < 4.78 is 11.3. The molecule has 0 fully saturated rings. The van der Waals surface area contributed by atoms with Crippen molar-refractivity contribution < 1.29 is 9.47 Å². The number of nitrogens with two attached hydrogens (primary N) is 2. The Morgan fingerprint density at radius 1 is 1.25 bits per heavy atom. The van der Waals surface area contributed by atoms with Gasteiger partial charge in [-0.3, -0.25) is 0 Å². The summed E-state index contributed by atoms with van der Waals surface area (Å²) in [6.07, 6.45) is 0. The highest BCUT2D eigenvalue weighted by Crippen LogP contribution is 2.54. The van der Waals surface area contributed by atoms with E-state index in [0.717, 1.165) is 16.2 Å². The fourth-order valence-electron chi connectivity index (χ4n) is 3.07. The summed E-state index contributed by atoms with van der Waals surface area (Å²) in [5.74, 6) is 1.70. The highest BCUT2D eigenvalue weighted by molar-refractivity contribution is 7.99. The number of hydrogen-bond donors (Lipinski definition) is 2. The first-order valence-corrected chi connectivity index (χ1v) is 9.54. The van der Waals surface area contributed by atoms with Crippen LogP contribution in [0.2, 0.25) is 5.02 Å². The number of methoxy groups -OCH3 is 1. The summed E-state index contributed by atoms with van der Waals surface area (Å²) in [7, 11) is 1.62. The standard InChI is InChI=1S/C20H15ClN4O2S/c1-26-11-3-2-4-12(8-11)28-18-13-7-10(21)5-6-15(13)27-20-16(18)17(23)14(9-22)19(24)25-20/h2-8,18H,1H3,(H4,23,24,25). The Morgan fingerprint density at radius 3 is 2.82 bits per heavy atom. The lowest BCUT2D eigenvalue weighted by molar-refractivity contribution is 0.413. The van der Waals surface area contributed by atoms with Crippen LogP contribution in [0.3, 0.4) is 0 Å². The summed E-state index contributed by atoms with van der Waals surface area (Å²) in [6.45, 7) is 0. The van der Waals surface area contributed by atoms with Crippen molar-refractivity contribution >= 4 is 34.9 Å². The third-order valence-electron chi connectivity index (χ3n) is 4.40. The molecule has 4 rings (SSSR count). The second-order valence-electron chi connectivity index (χ2n) is 6.08. The van der Waals surface area contributed by atoms with Gasteiger partial charge in [-0.2, -0.15) is 10.2 Å². The van der Waals surface area contributed by atoms with Gasteiger partial charge in [0.2, 0.25) is 5.88 Å². The minimum absolute atomic E-state index is 0.0429. The van der Waals surface area contributed by atoms with Crippen molar-refractivity contribution in [2.24, 2.45) is 0 Å². The van der Waals surface area contributed by atoms with E-state index in [9.17, 15) is 5.26 Å². The molecule has 0 aliphatic carbocycles. The predicted molar refractivity (Wildman–Crippen MR) is 110 cm³/mol. The molecular formula is C20H15ClN4O2S. The molecule has 0 bridgehead atoms. The van der Waals surface area contributed by atoms with E-state index < -0.39 is 0 Å². The normalized spacial score (nSPS) is 14.4. The first kappa shape index (κ1) is 18.3. The van der Waals surface area contributed by atoms with E-state index in [4.69, 9.17) is 32.5 Å². The minimum atomic E-state index is -0.287. The number of thioether (sulfide) groups is 1. The molecule has 2 aromatic carbocycles. The van der Waals surface area contributed by atoms with E-state index in [1.54, 1.807) is 19.2 Å². The zero-order chi connectivity index (χ0) is 19.8. The molecule has 8 heteroatoms. The number of anilines is 2. The van der Waals surface area contributed by atoms with Gasteiger partial charge in [0.15, 0.2) is 0 Å². The van der Waals surface area contributed by atoms with Gasteiger partial charge >= 0.3 is 0 Å². The van der Waals surface area contributed by atoms with Crippen LogP contribution in [-0.2, 0) is 0 Å². The molecule has 0 amide bonds. The fourth-order valence-corrected chi connectivity index (χ4v) is 4.52. The van der Waals surface area contributed by atoms with Gasteiger partial charge in [0, 0.05) is 15.5 Å². The second kappa shape index (κ2) is 7.15. The van der Waals surface area contributed by atoms with Crippen molar-refractivity contribution in [1.29, 1.82) is 5.26 Å². The Morgan fingerprint density at radius 2 is 2.07 bits per heavy atom. The Kier molecular flexibility index (Phi) is 4.67. The molecule has 0 spiro atoms. The average Bonchev–Trinajstić information content (AvgIpc) is 2.68. The zero-order valence-electron chi connectivity index (χ0n) is 14.8. The maximum Gasteiger partial charge on any atom is 0.228 e. The lowest BCUT2D eigenvalue weighted by Crippen LogP contribution is -2.14. The van der Waals surface area contributed by atoms with Crippen LogP contribution < -0.4 is 20.9 Å². The van der Waals surface area contributed by atoms with Crippen molar-refractivity contribution in [2.45, 2.75) is 10.1 Å². The van der Waals surface area contributed by atoms with Gasteiger partial charge < -0.3 is 20.9 Å². The van der Waals surface area contributed by atoms with Crippen LogP contribution >= 0.6 is 23.4 Å². The number of aromatic nitrogens is 1. The van der Waals surface area contributed by atoms with E-state index in [1.807, 2.05) is 36.4 Å². The zero-order valence-corrected chi connectivity index (χ0v) is 16.3. The Hall–Kier alpha value is -3.08. The van der Waals surface area contributed by atoms with Crippen LogP contribution in [0.1, 0.15) is 21.9 Å². The Labute approximate surface area is 171 Å². The molecule has 1 atom stereocenters. The third-order valence-corrected chi connectivity index (χ3v) is 5.88. The highest BCUT2D eigenvalue weighted by atomic mass is 35.5. The first-order chi connectivity index (χ1) is 13.5. The van der Waals surface area contributed by atoms with Crippen LogP contribution in [0.15, 0.2) is 47.4 Å².